The Morgan fingerprint density at radius 1 is 1.31 bits per heavy atom. The van der Waals surface area contributed by atoms with Gasteiger partial charge in [0.15, 0.2) is 5.96 Å². The Hall–Kier alpha value is -1.83. The van der Waals surface area contributed by atoms with Crippen LogP contribution in [-0.2, 0) is 9.59 Å². The van der Waals surface area contributed by atoms with Gasteiger partial charge < -0.3 is 28.0 Å². The Labute approximate surface area is 93.7 Å². The minimum absolute atomic E-state index is 0.0129. The lowest BCUT2D eigenvalue weighted by molar-refractivity contribution is -0.138. The van der Waals surface area contributed by atoms with Gasteiger partial charge in [0.05, 0.1) is 0 Å². The van der Waals surface area contributed by atoms with Gasteiger partial charge in [0.1, 0.15) is 6.04 Å². The van der Waals surface area contributed by atoms with Crippen LogP contribution in [0.2, 0.25) is 0 Å². The highest BCUT2D eigenvalue weighted by molar-refractivity contribution is 5.75. The van der Waals surface area contributed by atoms with Crippen LogP contribution in [0.4, 0.5) is 0 Å². The molecule has 0 saturated carbocycles. The number of hydrogen-bond acceptors (Lipinski definition) is 4. The average molecular weight is 233 g/mol. The molecule has 0 aliphatic carbocycles. The molecule has 0 spiro atoms. The van der Waals surface area contributed by atoms with E-state index in [9.17, 15) is 9.59 Å². The molecule has 0 heterocycles. The van der Waals surface area contributed by atoms with Gasteiger partial charge in [-0.2, -0.15) is 0 Å². The maximum absolute atomic E-state index is 10.2. The van der Waals surface area contributed by atoms with Crippen LogP contribution in [0.25, 0.3) is 0 Å². The highest BCUT2D eigenvalue weighted by Crippen LogP contribution is 1.94. The zero-order valence-electron chi connectivity index (χ0n) is 9.22. The maximum Gasteiger partial charge on any atom is 0.320 e. The minimum atomic E-state index is -1.00. The smallest absolute Gasteiger partial charge is 0.320 e. The number of aliphatic imine (C=N–C) groups is 1. The molecule has 9 N–H and O–H groups in total. The van der Waals surface area contributed by atoms with Gasteiger partial charge in [0, 0.05) is 13.5 Å². The van der Waals surface area contributed by atoms with E-state index in [4.69, 9.17) is 22.3 Å². The fraction of sp³-hybridized carbons (Fsp3) is 0.625. The van der Waals surface area contributed by atoms with Gasteiger partial charge in [0.2, 0.25) is 5.91 Å². The summed E-state index contributed by atoms with van der Waals surface area (Å²) in [6, 6.07) is -0.820. The molecule has 8 nitrogen and oxygen atoms in total. The lowest BCUT2D eigenvalue weighted by Crippen LogP contribution is -2.30. The third-order valence-electron chi connectivity index (χ3n) is 1.28. The predicted molar refractivity (Wildman–Crippen MR) is 60.4 cm³/mol. The molecular weight excluding hydrogens is 214 g/mol. The van der Waals surface area contributed by atoms with Crippen molar-refractivity contribution in [2.45, 2.75) is 25.8 Å². The van der Waals surface area contributed by atoms with E-state index in [0.29, 0.717) is 19.4 Å². The number of carboxylic acids is 1. The molecule has 0 aliphatic heterocycles. The molecule has 0 aromatic carbocycles. The SMILES string of the molecule is CC(N)=O.NC(N)=NCCC[C@H](N)C(=O)O. The monoisotopic (exact) mass is 233 g/mol. The molecule has 0 aromatic heterocycles. The molecule has 0 aromatic rings. The molecule has 0 unspecified atom stereocenters. The van der Waals surface area contributed by atoms with Gasteiger partial charge in [-0.15, -0.1) is 0 Å². The summed E-state index contributed by atoms with van der Waals surface area (Å²) in [5.74, 6) is -1.32. The molecule has 16 heavy (non-hydrogen) atoms. The normalized spacial score (nSPS) is 10.6. The summed E-state index contributed by atoms with van der Waals surface area (Å²) in [4.78, 5) is 23.1. The Kier molecular flexibility index (Phi) is 10.1. The number of nitrogens with two attached hydrogens (primary N) is 4. The Balaban J connectivity index is 0. The first-order chi connectivity index (χ1) is 7.27. The van der Waals surface area contributed by atoms with Crippen molar-refractivity contribution in [3.8, 4) is 0 Å². The number of amides is 1. The second kappa shape index (κ2) is 9.71. The number of hydrogen-bond donors (Lipinski definition) is 5. The first-order valence-corrected chi connectivity index (χ1v) is 4.57. The van der Waals surface area contributed by atoms with Crippen molar-refractivity contribution in [3.05, 3.63) is 0 Å². The molecule has 1 atom stereocenters. The molecule has 0 rings (SSSR count). The summed E-state index contributed by atoms with van der Waals surface area (Å²) in [6.07, 6.45) is 0.956. The Morgan fingerprint density at radius 3 is 2.06 bits per heavy atom. The number of nitrogens with zero attached hydrogens (tertiary/aromatic N) is 1. The molecule has 0 aliphatic rings. The Morgan fingerprint density at radius 2 is 1.75 bits per heavy atom. The summed E-state index contributed by atoms with van der Waals surface area (Å²) >= 11 is 0. The van der Waals surface area contributed by atoms with Crippen LogP contribution < -0.4 is 22.9 Å². The average Bonchev–Trinajstić information content (AvgIpc) is 2.10. The lowest BCUT2D eigenvalue weighted by atomic mass is 10.2. The van der Waals surface area contributed by atoms with Gasteiger partial charge in [-0.3, -0.25) is 14.6 Å². The minimum Gasteiger partial charge on any atom is -0.480 e. The van der Waals surface area contributed by atoms with E-state index in [-0.39, 0.29) is 11.9 Å². The van der Waals surface area contributed by atoms with Gasteiger partial charge >= 0.3 is 5.97 Å². The van der Waals surface area contributed by atoms with Gasteiger partial charge in [0.25, 0.3) is 0 Å². The topological polar surface area (TPSA) is 171 Å². The van der Waals surface area contributed by atoms with E-state index in [1.54, 1.807) is 0 Å². The van der Waals surface area contributed by atoms with Crippen LogP contribution in [0.3, 0.4) is 0 Å². The number of rotatable bonds is 5. The molecule has 0 bridgehead atoms. The molecule has 0 radical (unpaired) electrons. The third-order valence-corrected chi connectivity index (χ3v) is 1.28. The number of carbonyl (C=O) groups is 2. The summed E-state index contributed by atoms with van der Waals surface area (Å²) in [5.41, 5.74) is 19.8. The van der Waals surface area contributed by atoms with E-state index >= 15 is 0 Å². The van der Waals surface area contributed by atoms with Gasteiger partial charge in [-0.05, 0) is 12.8 Å². The van der Waals surface area contributed by atoms with E-state index in [2.05, 4.69) is 10.7 Å². The second-order valence-corrected chi connectivity index (χ2v) is 3.00. The van der Waals surface area contributed by atoms with Gasteiger partial charge in [-0.1, -0.05) is 0 Å². The van der Waals surface area contributed by atoms with E-state index in [1.165, 1.54) is 6.92 Å². The number of carboxylic acid groups (broad SMARTS) is 1. The van der Waals surface area contributed by atoms with E-state index < -0.39 is 12.0 Å². The molecule has 94 valence electrons. The van der Waals surface area contributed by atoms with Crippen molar-refractivity contribution in [3.63, 3.8) is 0 Å². The van der Waals surface area contributed by atoms with Crippen molar-refractivity contribution in [2.75, 3.05) is 6.54 Å². The van der Waals surface area contributed by atoms with Crippen LogP contribution in [0.5, 0.6) is 0 Å². The van der Waals surface area contributed by atoms with Crippen molar-refractivity contribution in [1.82, 2.24) is 0 Å². The molecular formula is C8H19N5O3. The predicted octanol–water partition coefficient (Wildman–Crippen LogP) is -2.06. The van der Waals surface area contributed by atoms with Crippen LogP contribution in [-0.4, -0.2) is 35.5 Å². The van der Waals surface area contributed by atoms with E-state index in [0.717, 1.165) is 0 Å². The van der Waals surface area contributed by atoms with Crippen LogP contribution >= 0.6 is 0 Å². The third kappa shape index (κ3) is 18.1. The number of aliphatic carboxylic acids is 1. The van der Waals surface area contributed by atoms with Crippen molar-refractivity contribution < 1.29 is 14.7 Å². The zero-order valence-corrected chi connectivity index (χ0v) is 9.22. The van der Waals surface area contributed by atoms with Crippen molar-refractivity contribution >= 4 is 17.8 Å². The molecule has 0 saturated heterocycles. The zero-order chi connectivity index (χ0) is 13.1. The first kappa shape index (κ1) is 16.6. The first-order valence-electron chi connectivity index (χ1n) is 4.57. The number of carbonyl (C=O) groups excluding carboxylic acids is 1. The van der Waals surface area contributed by atoms with Crippen molar-refractivity contribution in [2.24, 2.45) is 27.9 Å². The van der Waals surface area contributed by atoms with Crippen LogP contribution in [0.1, 0.15) is 19.8 Å². The highest BCUT2D eigenvalue weighted by Gasteiger charge is 2.09. The lowest BCUT2D eigenvalue weighted by Gasteiger charge is -2.03. The van der Waals surface area contributed by atoms with Crippen molar-refractivity contribution in [1.29, 1.82) is 0 Å². The second-order valence-electron chi connectivity index (χ2n) is 3.00. The summed E-state index contributed by atoms with van der Waals surface area (Å²) in [7, 11) is 0. The fourth-order valence-electron chi connectivity index (χ4n) is 0.643. The fourth-order valence-corrected chi connectivity index (χ4v) is 0.643. The summed E-state index contributed by atoms with van der Waals surface area (Å²) in [5, 5.41) is 8.38. The standard InChI is InChI=1S/C6H14N4O2.C2H5NO/c7-4(5(11)12)2-1-3-10-6(8)9;1-2(3)4/h4H,1-3,7H2,(H,11,12)(H4,8,9,10);1H3,(H2,3,4)/t4-;/m0./s1. The molecule has 1 amide bonds. The summed E-state index contributed by atoms with van der Waals surface area (Å²) in [6.45, 7) is 1.73. The quantitative estimate of drug-likeness (QED) is 0.207. The number of primary amides is 1. The van der Waals surface area contributed by atoms with Gasteiger partial charge in [-0.25, -0.2) is 0 Å². The summed E-state index contributed by atoms with van der Waals surface area (Å²) < 4.78 is 0. The molecule has 0 fully saturated rings. The van der Waals surface area contributed by atoms with Crippen LogP contribution in [0, 0.1) is 0 Å². The van der Waals surface area contributed by atoms with E-state index in [1.807, 2.05) is 0 Å². The number of guanidine groups is 1. The van der Waals surface area contributed by atoms with Crippen LogP contribution in [0.15, 0.2) is 4.99 Å². The Bertz CT molecular complexity index is 246. The maximum atomic E-state index is 10.2. The molecule has 8 heteroatoms. The largest absolute Gasteiger partial charge is 0.480 e. The highest BCUT2D eigenvalue weighted by atomic mass is 16.4.